The number of nitrogens with zero attached hydrogens (tertiary/aromatic N) is 3. The number of piperidine rings is 1. The first-order valence-electron chi connectivity index (χ1n) is 9.45. The van der Waals surface area contributed by atoms with Crippen molar-refractivity contribution >= 4 is 16.7 Å². The van der Waals surface area contributed by atoms with Crippen LogP contribution in [0.4, 0.5) is 5.82 Å². The van der Waals surface area contributed by atoms with E-state index in [1.165, 1.54) is 5.56 Å². The first kappa shape index (κ1) is 17.7. The minimum absolute atomic E-state index is 0.191. The van der Waals surface area contributed by atoms with E-state index in [2.05, 4.69) is 28.9 Å². The quantitative estimate of drug-likeness (QED) is 0.682. The van der Waals surface area contributed by atoms with E-state index in [1.807, 2.05) is 30.3 Å². The molecule has 1 aliphatic heterocycles. The number of aryl methyl sites for hydroxylation is 1. The Kier molecular flexibility index (Phi) is 5.21. The van der Waals surface area contributed by atoms with Crippen LogP contribution in [0.3, 0.4) is 0 Å². The Morgan fingerprint density at radius 3 is 2.93 bits per heavy atom. The summed E-state index contributed by atoms with van der Waals surface area (Å²) in [5.41, 5.74) is 3.11. The van der Waals surface area contributed by atoms with Gasteiger partial charge in [-0.2, -0.15) is 0 Å². The molecule has 0 saturated carbocycles. The number of benzene rings is 1. The second-order valence-corrected chi connectivity index (χ2v) is 7.00. The van der Waals surface area contributed by atoms with E-state index in [9.17, 15) is 0 Å². The number of anilines is 1. The summed E-state index contributed by atoms with van der Waals surface area (Å²) in [7, 11) is 1.70. The van der Waals surface area contributed by atoms with Crippen molar-refractivity contribution < 1.29 is 9.47 Å². The monoisotopic (exact) mass is 363 g/mol. The average Bonchev–Trinajstić information content (AvgIpc) is 2.73. The highest BCUT2D eigenvalue weighted by Gasteiger charge is 2.22. The summed E-state index contributed by atoms with van der Waals surface area (Å²) < 4.78 is 11.6. The molecule has 27 heavy (non-hydrogen) atoms. The van der Waals surface area contributed by atoms with Crippen molar-refractivity contribution in [2.24, 2.45) is 0 Å². The van der Waals surface area contributed by atoms with Crippen LogP contribution in [0.2, 0.25) is 0 Å². The molecule has 1 aromatic carbocycles. The second kappa shape index (κ2) is 7.92. The number of hydrogen-bond donors (Lipinski definition) is 0. The molecule has 5 nitrogen and oxygen atoms in total. The van der Waals surface area contributed by atoms with Crippen LogP contribution < -0.4 is 9.64 Å². The van der Waals surface area contributed by atoms with Gasteiger partial charge >= 0.3 is 0 Å². The molecule has 4 rings (SSSR count). The van der Waals surface area contributed by atoms with E-state index in [1.54, 1.807) is 13.3 Å². The topological polar surface area (TPSA) is 47.5 Å². The van der Waals surface area contributed by atoms with Gasteiger partial charge < -0.3 is 14.4 Å². The first-order valence-corrected chi connectivity index (χ1v) is 9.45. The summed E-state index contributed by atoms with van der Waals surface area (Å²) in [4.78, 5) is 11.6. The Morgan fingerprint density at radius 2 is 2.11 bits per heavy atom. The second-order valence-electron chi connectivity index (χ2n) is 7.00. The minimum Gasteiger partial charge on any atom is -0.494 e. The molecule has 0 N–H and O–H groups in total. The molecule has 0 bridgehead atoms. The molecule has 1 atom stereocenters. The van der Waals surface area contributed by atoms with Crippen LogP contribution in [0.25, 0.3) is 10.9 Å². The van der Waals surface area contributed by atoms with Crippen molar-refractivity contribution in [1.82, 2.24) is 9.97 Å². The number of ether oxygens (including phenoxy) is 2. The van der Waals surface area contributed by atoms with Gasteiger partial charge in [0.1, 0.15) is 17.1 Å². The Morgan fingerprint density at radius 1 is 1.19 bits per heavy atom. The summed E-state index contributed by atoms with van der Waals surface area (Å²) in [6.07, 6.45) is 4.16. The van der Waals surface area contributed by atoms with E-state index in [4.69, 9.17) is 14.5 Å². The zero-order valence-electron chi connectivity index (χ0n) is 15.9. The van der Waals surface area contributed by atoms with Crippen LogP contribution in [-0.4, -0.2) is 36.3 Å². The third kappa shape index (κ3) is 3.88. The number of hydrogen-bond acceptors (Lipinski definition) is 5. The lowest BCUT2D eigenvalue weighted by Crippen LogP contribution is -2.40. The summed E-state index contributed by atoms with van der Waals surface area (Å²) in [5, 5.41) is 1.14. The largest absolute Gasteiger partial charge is 0.494 e. The highest BCUT2D eigenvalue weighted by atomic mass is 16.5. The highest BCUT2D eigenvalue weighted by Crippen LogP contribution is 2.30. The summed E-state index contributed by atoms with van der Waals surface area (Å²) >= 11 is 0. The number of rotatable bonds is 5. The molecule has 3 aromatic rings. The fourth-order valence-corrected chi connectivity index (χ4v) is 3.67. The van der Waals surface area contributed by atoms with Crippen molar-refractivity contribution in [2.45, 2.75) is 32.5 Å². The van der Waals surface area contributed by atoms with Gasteiger partial charge in [-0.15, -0.1) is 0 Å². The van der Waals surface area contributed by atoms with Crippen molar-refractivity contribution in [3.05, 3.63) is 59.9 Å². The third-order valence-corrected chi connectivity index (χ3v) is 5.11. The molecule has 3 heterocycles. The zero-order valence-corrected chi connectivity index (χ0v) is 15.9. The van der Waals surface area contributed by atoms with Crippen molar-refractivity contribution in [2.75, 3.05) is 25.1 Å². The van der Waals surface area contributed by atoms with Gasteiger partial charge in [-0.05, 0) is 49.6 Å². The lowest BCUT2D eigenvalue weighted by molar-refractivity contribution is 0.0297. The van der Waals surface area contributed by atoms with Crippen molar-refractivity contribution in [1.29, 1.82) is 0 Å². The first-order chi connectivity index (χ1) is 13.2. The molecular formula is C22H25N3O2. The molecule has 140 valence electrons. The Hall–Kier alpha value is -2.66. The highest BCUT2D eigenvalue weighted by molar-refractivity contribution is 5.88. The Balaban J connectivity index is 1.52. The SMILES string of the molecule is COc1cccc2c(C)cc(N3CCC[C@@H](OCc4ccccn4)C3)nc12. The van der Waals surface area contributed by atoms with Gasteiger partial charge in [0, 0.05) is 24.7 Å². The predicted molar refractivity (Wildman–Crippen MR) is 107 cm³/mol. The van der Waals surface area contributed by atoms with E-state index < -0.39 is 0 Å². The van der Waals surface area contributed by atoms with Crippen LogP contribution >= 0.6 is 0 Å². The van der Waals surface area contributed by atoms with Gasteiger partial charge in [0.2, 0.25) is 0 Å². The molecule has 2 aromatic heterocycles. The van der Waals surface area contributed by atoms with Crippen LogP contribution in [0, 0.1) is 6.92 Å². The molecule has 0 spiro atoms. The van der Waals surface area contributed by atoms with E-state index in [-0.39, 0.29) is 6.10 Å². The minimum atomic E-state index is 0.191. The average molecular weight is 363 g/mol. The molecule has 0 aliphatic carbocycles. The zero-order chi connectivity index (χ0) is 18.6. The fraction of sp³-hybridized carbons (Fsp3) is 0.364. The number of pyridine rings is 2. The third-order valence-electron chi connectivity index (χ3n) is 5.11. The van der Waals surface area contributed by atoms with Gasteiger partial charge in [-0.3, -0.25) is 4.98 Å². The number of methoxy groups -OCH3 is 1. The van der Waals surface area contributed by atoms with Crippen LogP contribution in [-0.2, 0) is 11.3 Å². The lowest BCUT2D eigenvalue weighted by Gasteiger charge is -2.33. The number of fused-ring (bicyclic) bond motifs is 1. The molecule has 5 heteroatoms. The molecule has 0 amide bonds. The summed E-state index contributed by atoms with van der Waals surface area (Å²) in [6, 6.07) is 14.2. The van der Waals surface area contributed by atoms with E-state index in [0.29, 0.717) is 6.61 Å². The van der Waals surface area contributed by atoms with Gasteiger partial charge in [0.15, 0.2) is 0 Å². The van der Waals surface area contributed by atoms with Crippen molar-refractivity contribution in [3.63, 3.8) is 0 Å². The van der Waals surface area contributed by atoms with Crippen LogP contribution in [0.5, 0.6) is 5.75 Å². The summed E-state index contributed by atoms with van der Waals surface area (Å²) in [5.74, 6) is 1.81. The number of aromatic nitrogens is 2. The summed E-state index contributed by atoms with van der Waals surface area (Å²) in [6.45, 7) is 4.53. The normalized spacial score (nSPS) is 17.3. The lowest BCUT2D eigenvalue weighted by atomic mass is 10.1. The van der Waals surface area contributed by atoms with Crippen molar-refractivity contribution in [3.8, 4) is 5.75 Å². The van der Waals surface area contributed by atoms with Crippen LogP contribution in [0.15, 0.2) is 48.7 Å². The fourth-order valence-electron chi connectivity index (χ4n) is 3.67. The van der Waals surface area contributed by atoms with Gasteiger partial charge in [0.05, 0.1) is 25.5 Å². The Bertz CT molecular complexity index is 914. The number of para-hydroxylation sites is 1. The van der Waals surface area contributed by atoms with E-state index >= 15 is 0 Å². The van der Waals surface area contributed by atoms with Gasteiger partial charge in [0.25, 0.3) is 0 Å². The smallest absolute Gasteiger partial charge is 0.145 e. The predicted octanol–water partition coefficient (Wildman–Crippen LogP) is 4.13. The molecule has 0 radical (unpaired) electrons. The van der Waals surface area contributed by atoms with E-state index in [0.717, 1.165) is 54.1 Å². The molecule has 1 aliphatic rings. The molecular weight excluding hydrogens is 338 g/mol. The molecule has 0 unspecified atom stereocenters. The maximum absolute atomic E-state index is 6.13. The molecule has 1 fully saturated rings. The Labute approximate surface area is 160 Å². The van der Waals surface area contributed by atoms with Gasteiger partial charge in [-0.25, -0.2) is 4.98 Å². The maximum atomic E-state index is 6.13. The van der Waals surface area contributed by atoms with Gasteiger partial charge in [-0.1, -0.05) is 18.2 Å². The maximum Gasteiger partial charge on any atom is 0.145 e. The molecule has 1 saturated heterocycles. The van der Waals surface area contributed by atoms with Crippen LogP contribution in [0.1, 0.15) is 24.1 Å². The standard InChI is InChI=1S/C22H25N3O2/c1-16-13-21(24-22-19(16)9-5-10-20(22)26-2)25-12-6-8-18(14-25)27-15-17-7-3-4-11-23-17/h3-5,7,9-11,13,18H,6,8,12,14-15H2,1-2H3/t18-/m1/s1.